The monoisotopic (exact) mass is 495 g/mol. The Morgan fingerprint density at radius 1 is 0.897 bits per heavy atom. The van der Waals surface area contributed by atoms with Crippen molar-refractivity contribution in [3.63, 3.8) is 0 Å². The fourth-order valence-electron chi connectivity index (χ4n) is 3.36. The minimum absolute atomic E-state index is 0.148. The Labute approximate surface area is 188 Å². The van der Waals surface area contributed by atoms with Gasteiger partial charge in [-0.25, -0.2) is 0 Å². The van der Waals surface area contributed by atoms with Gasteiger partial charge in [0.15, 0.2) is 25.0 Å². The molecule has 1 aliphatic heterocycles. The summed E-state index contributed by atoms with van der Waals surface area (Å²) in [5.74, 6) is 0. The van der Waals surface area contributed by atoms with Gasteiger partial charge < -0.3 is 18.0 Å². The quantitative estimate of drug-likeness (QED) is 0.211. The Morgan fingerprint density at radius 2 is 1.31 bits per heavy atom. The van der Waals surface area contributed by atoms with Crippen LogP contribution >= 0.6 is 20.8 Å². The SMILES string of the molecule is C=C(C)[C@@H](N=P)[C@H]1O[C@H](SC)[C@H](O[Si](C)(C)C)[C@@H](O[Si](C)(C)C)[C@H]1O[Si](C)(C)C. The highest BCUT2D eigenvalue weighted by atomic mass is 32.2. The van der Waals surface area contributed by atoms with E-state index in [0.717, 1.165) is 5.57 Å². The van der Waals surface area contributed by atoms with Gasteiger partial charge in [0.2, 0.25) is 0 Å². The van der Waals surface area contributed by atoms with Crippen molar-refractivity contribution in [2.45, 2.75) is 102 Å². The van der Waals surface area contributed by atoms with Crippen LogP contribution in [0.25, 0.3) is 0 Å². The lowest BCUT2D eigenvalue weighted by molar-refractivity contribution is -0.184. The van der Waals surface area contributed by atoms with Gasteiger partial charge in [-0.1, -0.05) is 12.2 Å². The molecule has 0 aromatic carbocycles. The molecular weight excluding hydrogens is 454 g/mol. The van der Waals surface area contributed by atoms with Crippen molar-refractivity contribution in [2.75, 3.05) is 6.26 Å². The van der Waals surface area contributed by atoms with E-state index in [1.165, 1.54) is 0 Å². The van der Waals surface area contributed by atoms with Gasteiger partial charge in [0.1, 0.15) is 35.9 Å². The van der Waals surface area contributed by atoms with E-state index in [-0.39, 0.29) is 35.9 Å². The third-order valence-corrected chi connectivity index (χ3v) is 8.25. The fourth-order valence-corrected chi connectivity index (χ4v) is 7.79. The minimum Gasteiger partial charge on any atom is -0.409 e. The van der Waals surface area contributed by atoms with E-state index in [4.69, 9.17) is 18.0 Å². The van der Waals surface area contributed by atoms with Gasteiger partial charge in [-0.3, -0.25) is 4.74 Å². The van der Waals surface area contributed by atoms with Crippen LogP contribution < -0.4 is 0 Å². The van der Waals surface area contributed by atoms with Crippen LogP contribution in [-0.2, 0) is 18.0 Å². The Bertz CT molecular complexity index is 577. The van der Waals surface area contributed by atoms with Gasteiger partial charge in [0, 0.05) is 0 Å². The molecule has 0 N–H and O–H groups in total. The van der Waals surface area contributed by atoms with Crippen molar-refractivity contribution in [1.82, 2.24) is 0 Å². The second-order valence-corrected chi connectivity index (χ2v) is 25.3. The van der Waals surface area contributed by atoms with Crippen LogP contribution in [0.15, 0.2) is 16.9 Å². The van der Waals surface area contributed by atoms with E-state index in [1.54, 1.807) is 11.8 Å². The Hall–Kier alpha value is 0.681. The van der Waals surface area contributed by atoms with Crippen LogP contribution in [0.1, 0.15) is 6.92 Å². The van der Waals surface area contributed by atoms with Crippen molar-refractivity contribution in [3.05, 3.63) is 12.2 Å². The van der Waals surface area contributed by atoms with Gasteiger partial charge in [0.05, 0.1) is 0 Å². The lowest BCUT2D eigenvalue weighted by atomic mass is 9.92. The summed E-state index contributed by atoms with van der Waals surface area (Å²) in [5, 5.41) is 0. The van der Waals surface area contributed by atoms with Gasteiger partial charge in [-0.15, -0.1) is 11.8 Å². The second kappa shape index (κ2) is 10.5. The molecule has 170 valence electrons. The minimum atomic E-state index is -1.90. The Balaban J connectivity index is 3.54. The summed E-state index contributed by atoms with van der Waals surface area (Å²) in [4.78, 5) is 0. The molecule has 0 amide bonds. The highest BCUT2D eigenvalue weighted by Crippen LogP contribution is 2.39. The first-order chi connectivity index (χ1) is 13.0. The molecule has 0 aliphatic carbocycles. The molecular formula is C19H42NO4PSSi3. The van der Waals surface area contributed by atoms with Crippen LogP contribution in [0, 0.1) is 0 Å². The number of rotatable bonds is 10. The average Bonchev–Trinajstić information content (AvgIpc) is 2.49. The maximum Gasteiger partial charge on any atom is 0.184 e. The van der Waals surface area contributed by atoms with Crippen LogP contribution in [0.4, 0.5) is 0 Å². The molecule has 1 fully saturated rings. The van der Waals surface area contributed by atoms with Crippen molar-refractivity contribution in [2.24, 2.45) is 4.74 Å². The Kier molecular flexibility index (Phi) is 10.1. The van der Waals surface area contributed by atoms with Gasteiger partial charge in [-0.2, -0.15) is 0 Å². The first-order valence-corrected chi connectivity index (χ1v) is 22.2. The van der Waals surface area contributed by atoms with Crippen molar-refractivity contribution in [1.29, 1.82) is 0 Å². The van der Waals surface area contributed by atoms with E-state index >= 15 is 0 Å². The zero-order valence-corrected chi connectivity index (χ0v) is 25.0. The molecule has 0 radical (unpaired) electrons. The normalized spacial score (nSPS) is 30.1. The number of thioether (sulfide) groups is 1. The number of nitrogens with zero attached hydrogens (tertiary/aromatic N) is 1. The van der Waals surface area contributed by atoms with E-state index in [0.29, 0.717) is 0 Å². The predicted molar refractivity (Wildman–Crippen MR) is 136 cm³/mol. The standard InChI is InChI=1S/C19H42NO4PSSi3/c1-13(2)14(20-25)15-16(22-27(4,5)6)17(23-28(7,8)9)18(19(21-15)26-3)24-29(10,11)12/h14-19,25H,1H2,2-12H3/t14-,15-,16+,17+,18-,19-/m1/s1. The zero-order valence-electron chi connectivity index (χ0n) is 20.2. The van der Waals surface area contributed by atoms with Crippen LogP contribution in [0.3, 0.4) is 0 Å². The van der Waals surface area contributed by atoms with E-state index in [9.17, 15) is 0 Å². The molecule has 29 heavy (non-hydrogen) atoms. The molecule has 1 heterocycles. The molecule has 0 aromatic heterocycles. The molecule has 0 aromatic rings. The van der Waals surface area contributed by atoms with Gasteiger partial charge >= 0.3 is 0 Å². The maximum atomic E-state index is 6.79. The van der Waals surface area contributed by atoms with Crippen molar-refractivity contribution < 1.29 is 18.0 Å². The first kappa shape index (κ1) is 27.7. The molecule has 1 aliphatic rings. The number of ether oxygens (including phenoxy) is 1. The molecule has 5 nitrogen and oxygen atoms in total. The zero-order chi connectivity index (χ0) is 22.8. The lowest BCUT2D eigenvalue weighted by Crippen LogP contribution is -2.66. The topological polar surface area (TPSA) is 49.3 Å². The molecule has 0 saturated carbocycles. The highest BCUT2D eigenvalue weighted by molar-refractivity contribution is 7.99. The van der Waals surface area contributed by atoms with E-state index in [1.807, 2.05) is 6.92 Å². The van der Waals surface area contributed by atoms with Crippen molar-refractivity contribution in [3.8, 4) is 0 Å². The van der Waals surface area contributed by atoms with Gasteiger partial charge in [-0.05, 0) is 81.1 Å². The maximum absolute atomic E-state index is 6.79. The summed E-state index contributed by atoms with van der Waals surface area (Å²) in [6.45, 7) is 26.0. The van der Waals surface area contributed by atoms with Crippen LogP contribution in [0.2, 0.25) is 58.9 Å². The van der Waals surface area contributed by atoms with Crippen LogP contribution in [-0.4, -0.2) is 67.1 Å². The number of hydrogen-bond donors (Lipinski definition) is 0. The van der Waals surface area contributed by atoms with Gasteiger partial charge in [0.25, 0.3) is 0 Å². The molecule has 1 rings (SSSR count). The lowest BCUT2D eigenvalue weighted by Gasteiger charge is -2.51. The predicted octanol–water partition coefficient (Wildman–Crippen LogP) is 6.01. The average molecular weight is 496 g/mol. The number of hydrogen-bond acceptors (Lipinski definition) is 6. The third-order valence-electron chi connectivity index (χ3n) is 4.19. The summed E-state index contributed by atoms with van der Waals surface area (Å²) in [7, 11) is -2.24. The Morgan fingerprint density at radius 3 is 1.66 bits per heavy atom. The summed E-state index contributed by atoms with van der Waals surface area (Å²) < 4.78 is 31.2. The highest BCUT2D eigenvalue weighted by Gasteiger charge is 2.53. The largest absolute Gasteiger partial charge is 0.409 e. The summed E-state index contributed by atoms with van der Waals surface area (Å²) >= 11 is 1.67. The fraction of sp³-hybridized carbons (Fsp3) is 0.895. The molecule has 6 atom stereocenters. The molecule has 0 spiro atoms. The molecule has 10 heteroatoms. The summed E-state index contributed by atoms with van der Waals surface area (Å²) in [5.41, 5.74) is 0.787. The molecule has 1 saturated heterocycles. The third kappa shape index (κ3) is 8.98. The first-order valence-electron chi connectivity index (χ1n) is 10.2. The smallest absolute Gasteiger partial charge is 0.184 e. The molecule has 0 bridgehead atoms. The van der Waals surface area contributed by atoms with E-state index in [2.05, 4.69) is 85.5 Å². The van der Waals surface area contributed by atoms with Crippen LogP contribution in [0.5, 0.6) is 0 Å². The summed E-state index contributed by atoms with van der Waals surface area (Å²) in [6.07, 6.45) is 1.14. The van der Waals surface area contributed by atoms with Crippen molar-refractivity contribution >= 4 is 45.7 Å². The molecule has 0 unspecified atom stereocenters. The van der Waals surface area contributed by atoms with E-state index < -0.39 is 25.0 Å². The summed E-state index contributed by atoms with van der Waals surface area (Å²) in [6, 6.07) is -0.219. The second-order valence-electron chi connectivity index (χ2n) is 10.7.